The minimum Gasteiger partial charge on any atom is -0.356 e. The number of carbonyl (C=O) groups is 1. The standard InChI is InChI=1S/C12H12ClN3O/c1-8(9-3-2-4-14-6-9)16-12(17)11-5-10(13)7-15-11/h2-8,15H,1H3,(H,16,17). The highest BCUT2D eigenvalue weighted by molar-refractivity contribution is 6.30. The molecule has 0 saturated heterocycles. The zero-order valence-electron chi connectivity index (χ0n) is 9.27. The van der Waals surface area contributed by atoms with E-state index in [1.54, 1.807) is 24.7 Å². The van der Waals surface area contributed by atoms with Crippen molar-refractivity contribution in [2.24, 2.45) is 0 Å². The molecule has 1 atom stereocenters. The predicted molar refractivity (Wildman–Crippen MR) is 65.9 cm³/mol. The van der Waals surface area contributed by atoms with Gasteiger partial charge in [0, 0.05) is 18.6 Å². The highest BCUT2D eigenvalue weighted by Gasteiger charge is 2.12. The quantitative estimate of drug-likeness (QED) is 0.878. The maximum atomic E-state index is 11.8. The molecule has 0 aliphatic heterocycles. The van der Waals surface area contributed by atoms with Crippen LogP contribution in [0.5, 0.6) is 0 Å². The molecule has 0 spiro atoms. The second-order valence-corrected chi connectivity index (χ2v) is 4.15. The molecule has 1 amide bonds. The van der Waals surface area contributed by atoms with Crippen molar-refractivity contribution in [1.29, 1.82) is 0 Å². The molecule has 0 aliphatic carbocycles. The second kappa shape index (κ2) is 5.01. The van der Waals surface area contributed by atoms with Crippen LogP contribution in [0.2, 0.25) is 5.02 Å². The molecule has 0 fully saturated rings. The molecule has 17 heavy (non-hydrogen) atoms. The van der Waals surface area contributed by atoms with Crippen LogP contribution in [0.3, 0.4) is 0 Å². The van der Waals surface area contributed by atoms with Crippen molar-refractivity contribution in [2.45, 2.75) is 13.0 Å². The average Bonchev–Trinajstić information content (AvgIpc) is 2.77. The smallest absolute Gasteiger partial charge is 0.268 e. The fraction of sp³-hybridized carbons (Fsp3) is 0.167. The predicted octanol–water partition coefficient (Wildman–Crippen LogP) is 2.55. The van der Waals surface area contributed by atoms with Crippen molar-refractivity contribution >= 4 is 17.5 Å². The molecular formula is C12H12ClN3O. The van der Waals surface area contributed by atoms with E-state index in [2.05, 4.69) is 15.3 Å². The van der Waals surface area contributed by atoms with Crippen LogP contribution in [0.25, 0.3) is 0 Å². The van der Waals surface area contributed by atoms with Crippen LogP contribution in [0.1, 0.15) is 29.0 Å². The molecule has 1 unspecified atom stereocenters. The number of nitrogens with one attached hydrogen (secondary N) is 2. The van der Waals surface area contributed by atoms with Gasteiger partial charge in [0.05, 0.1) is 11.1 Å². The SMILES string of the molecule is CC(NC(=O)c1cc(Cl)c[nH]1)c1cccnc1. The Morgan fingerprint density at radius 1 is 1.59 bits per heavy atom. The van der Waals surface area contributed by atoms with Gasteiger partial charge < -0.3 is 10.3 Å². The topological polar surface area (TPSA) is 57.8 Å². The van der Waals surface area contributed by atoms with Gasteiger partial charge in [0.1, 0.15) is 5.69 Å². The molecule has 2 rings (SSSR count). The summed E-state index contributed by atoms with van der Waals surface area (Å²) in [4.78, 5) is 18.6. The molecular weight excluding hydrogens is 238 g/mol. The lowest BCUT2D eigenvalue weighted by atomic mass is 10.1. The number of aromatic amines is 1. The molecule has 0 saturated carbocycles. The van der Waals surface area contributed by atoms with E-state index in [0.29, 0.717) is 10.7 Å². The Hall–Kier alpha value is -1.81. The Balaban J connectivity index is 2.04. The van der Waals surface area contributed by atoms with Crippen molar-refractivity contribution in [3.8, 4) is 0 Å². The number of hydrogen-bond donors (Lipinski definition) is 2. The molecule has 4 nitrogen and oxygen atoms in total. The lowest BCUT2D eigenvalue weighted by molar-refractivity contribution is 0.0935. The Morgan fingerprint density at radius 3 is 3.00 bits per heavy atom. The fourth-order valence-corrected chi connectivity index (χ4v) is 1.65. The van der Waals surface area contributed by atoms with Crippen LogP contribution in [0.15, 0.2) is 36.8 Å². The maximum Gasteiger partial charge on any atom is 0.268 e. The fourth-order valence-electron chi connectivity index (χ4n) is 1.49. The monoisotopic (exact) mass is 249 g/mol. The van der Waals surface area contributed by atoms with Crippen molar-refractivity contribution < 1.29 is 4.79 Å². The summed E-state index contributed by atoms with van der Waals surface area (Å²) in [6, 6.07) is 5.24. The van der Waals surface area contributed by atoms with E-state index in [0.717, 1.165) is 5.56 Å². The van der Waals surface area contributed by atoms with E-state index in [1.807, 2.05) is 19.1 Å². The third kappa shape index (κ3) is 2.85. The molecule has 0 aliphatic rings. The zero-order valence-corrected chi connectivity index (χ0v) is 10.0. The molecule has 2 heterocycles. The Labute approximate surface area is 104 Å². The third-order valence-electron chi connectivity index (χ3n) is 2.42. The van der Waals surface area contributed by atoms with Crippen molar-refractivity contribution in [2.75, 3.05) is 0 Å². The van der Waals surface area contributed by atoms with Gasteiger partial charge in [0.25, 0.3) is 5.91 Å². The first-order chi connectivity index (χ1) is 8.16. The maximum absolute atomic E-state index is 11.8. The zero-order chi connectivity index (χ0) is 12.3. The molecule has 2 N–H and O–H groups in total. The minimum absolute atomic E-state index is 0.0988. The van der Waals surface area contributed by atoms with Crippen molar-refractivity contribution in [3.63, 3.8) is 0 Å². The van der Waals surface area contributed by atoms with Crippen LogP contribution in [0.4, 0.5) is 0 Å². The number of carbonyl (C=O) groups excluding carboxylic acids is 1. The number of nitrogens with zero attached hydrogens (tertiary/aromatic N) is 1. The summed E-state index contributed by atoms with van der Waals surface area (Å²) >= 11 is 5.74. The lowest BCUT2D eigenvalue weighted by Crippen LogP contribution is -2.26. The summed E-state index contributed by atoms with van der Waals surface area (Å²) in [7, 11) is 0. The molecule has 5 heteroatoms. The highest BCUT2D eigenvalue weighted by Crippen LogP contribution is 2.13. The summed E-state index contributed by atoms with van der Waals surface area (Å²) in [5.74, 6) is -0.187. The molecule has 0 bridgehead atoms. The Bertz CT molecular complexity index is 509. The van der Waals surface area contributed by atoms with Gasteiger partial charge in [-0.05, 0) is 24.6 Å². The van der Waals surface area contributed by atoms with Gasteiger partial charge in [-0.3, -0.25) is 9.78 Å². The van der Waals surface area contributed by atoms with Crippen LogP contribution in [-0.4, -0.2) is 15.9 Å². The number of amides is 1. The van der Waals surface area contributed by atoms with Gasteiger partial charge in [-0.15, -0.1) is 0 Å². The number of pyridine rings is 1. The lowest BCUT2D eigenvalue weighted by Gasteiger charge is -2.12. The van der Waals surface area contributed by atoms with Gasteiger partial charge in [0.2, 0.25) is 0 Å². The van der Waals surface area contributed by atoms with Crippen molar-refractivity contribution in [1.82, 2.24) is 15.3 Å². The summed E-state index contributed by atoms with van der Waals surface area (Å²) < 4.78 is 0. The number of rotatable bonds is 3. The first-order valence-corrected chi connectivity index (χ1v) is 5.59. The summed E-state index contributed by atoms with van der Waals surface area (Å²) in [5.41, 5.74) is 1.41. The Kier molecular flexibility index (Phi) is 3.44. The van der Waals surface area contributed by atoms with E-state index in [4.69, 9.17) is 11.6 Å². The summed E-state index contributed by atoms with van der Waals surface area (Å²) in [6.07, 6.45) is 5.00. The van der Waals surface area contributed by atoms with E-state index >= 15 is 0 Å². The van der Waals surface area contributed by atoms with Gasteiger partial charge >= 0.3 is 0 Å². The van der Waals surface area contributed by atoms with E-state index in [-0.39, 0.29) is 11.9 Å². The minimum atomic E-state index is -0.187. The normalized spacial score (nSPS) is 12.1. The van der Waals surface area contributed by atoms with Crippen molar-refractivity contribution in [3.05, 3.63) is 53.1 Å². The van der Waals surface area contributed by atoms with E-state index < -0.39 is 0 Å². The molecule has 0 aromatic carbocycles. The van der Waals surface area contributed by atoms with Crippen LogP contribution >= 0.6 is 11.6 Å². The van der Waals surface area contributed by atoms with E-state index in [9.17, 15) is 4.79 Å². The number of aromatic nitrogens is 2. The van der Waals surface area contributed by atoms with Gasteiger partial charge in [-0.25, -0.2) is 0 Å². The Morgan fingerprint density at radius 2 is 2.41 bits per heavy atom. The number of halogens is 1. The number of hydrogen-bond acceptors (Lipinski definition) is 2. The summed E-state index contributed by atoms with van der Waals surface area (Å²) in [6.45, 7) is 1.90. The largest absolute Gasteiger partial charge is 0.356 e. The third-order valence-corrected chi connectivity index (χ3v) is 2.64. The van der Waals surface area contributed by atoms with Gasteiger partial charge in [0.15, 0.2) is 0 Å². The van der Waals surface area contributed by atoms with Crippen LogP contribution in [0, 0.1) is 0 Å². The second-order valence-electron chi connectivity index (χ2n) is 3.71. The number of H-pyrrole nitrogens is 1. The van der Waals surface area contributed by atoms with Crippen LogP contribution in [-0.2, 0) is 0 Å². The first-order valence-electron chi connectivity index (χ1n) is 5.21. The van der Waals surface area contributed by atoms with Crippen LogP contribution < -0.4 is 5.32 Å². The van der Waals surface area contributed by atoms with E-state index in [1.165, 1.54) is 0 Å². The molecule has 0 radical (unpaired) electrons. The van der Waals surface area contributed by atoms with Gasteiger partial charge in [-0.2, -0.15) is 0 Å². The average molecular weight is 250 g/mol. The molecule has 88 valence electrons. The first kappa shape index (κ1) is 11.7. The van der Waals surface area contributed by atoms with Gasteiger partial charge in [-0.1, -0.05) is 17.7 Å². The molecule has 2 aromatic rings. The highest BCUT2D eigenvalue weighted by atomic mass is 35.5. The summed E-state index contributed by atoms with van der Waals surface area (Å²) in [5, 5.41) is 3.37. The molecule has 2 aromatic heterocycles.